The molecule has 6 heteroatoms. The summed E-state index contributed by atoms with van der Waals surface area (Å²) >= 11 is 4.52. The fourth-order valence-corrected chi connectivity index (χ4v) is 0.989. The summed E-state index contributed by atoms with van der Waals surface area (Å²) in [4.78, 5) is 10.9. The van der Waals surface area contributed by atoms with Gasteiger partial charge < -0.3 is 10.8 Å². The summed E-state index contributed by atoms with van der Waals surface area (Å²) in [7, 11) is 0. The lowest BCUT2D eigenvalue weighted by Gasteiger charge is -2.01. The fourth-order valence-electron chi connectivity index (χ4n) is 0.943. The third-order valence-electron chi connectivity index (χ3n) is 1.53. The van der Waals surface area contributed by atoms with E-state index >= 15 is 0 Å². The first kappa shape index (κ1) is 11.1. The van der Waals surface area contributed by atoms with Crippen LogP contribution in [0.4, 0.5) is 0 Å². The highest BCUT2D eigenvalue weighted by molar-refractivity contribution is 7.80. The summed E-state index contributed by atoms with van der Waals surface area (Å²) in [5.41, 5.74) is 7.73. The van der Waals surface area contributed by atoms with Gasteiger partial charge in [0.25, 0.3) is 0 Å². The predicted octanol–water partition coefficient (Wildman–Crippen LogP) is 0.308. The minimum Gasteiger partial charge on any atom is -0.476 e. The first-order valence-corrected chi connectivity index (χ1v) is 4.44. The van der Waals surface area contributed by atoms with Gasteiger partial charge in [-0.2, -0.15) is 5.10 Å². The van der Waals surface area contributed by atoms with E-state index in [9.17, 15) is 4.79 Å². The fraction of sp³-hybridized carbons (Fsp3) is 0. The molecule has 0 fully saturated rings. The van der Waals surface area contributed by atoms with Gasteiger partial charge in [-0.05, 0) is 12.2 Å². The SMILES string of the molecule is NC(=S)N/N=C(\C(=O)O)c1ccccc1. The second-order valence-electron chi connectivity index (χ2n) is 2.61. The van der Waals surface area contributed by atoms with Crippen LogP contribution in [0, 0.1) is 0 Å². The van der Waals surface area contributed by atoms with Gasteiger partial charge in [-0.15, -0.1) is 0 Å². The Balaban J connectivity index is 2.99. The number of benzene rings is 1. The van der Waals surface area contributed by atoms with Crippen LogP contribution in [0.2, 0.25) is 0 Å². The Bertz CT molecular complexity index is 403. The Kier molecular flexibility index (Phi) is 3.75. The van der Waals surface area contributed by atoms with E-state index in [-0.39, 0.29) is 10.8 Å². The summed E-state index contributed by atoms with van der Waals surface area (Å²) in [6, 6.07) is 8.48. The monoisotopic (exact) mass is 223 g/mol. The third kappa shape index (κ3) is 3.35. The Morgan fingerprint density at radius 3 is 2.47 bits per heavy atom. The molecule has 0 aliphatic carbocycles. The maximum absolute atomic E-state index is 10.9. The smallest absolute Gasteiger partial charge is 0.356 e. The molecule has 0 bridgehead atoms. The number of hydrazone groups is 1. The van der Waals surface area contributed by atoms with E-state index in [0.717, 1.165) is 0 Å². The number of nitrogens with zero attached hydrogens (tertiary/aromatic N) is 1. The van der Waals surface area contributed by atoms with Crippen molar-refractivity contribution in [1.29, 1.82) is 0 Å². The van der Waals surface area contributed by atoms with Crippen LogP contribution in [0.3, 0.4) is 0 Å². The lowest BCUT2D eigenvalue weighted by atomic mass is 10.1. The van der Waals surface area contributed by atoms with Gasteiger partial charge in [-0.25, -0.2) is 4.79 Å². The Hall–Kier alpha value is -1.95. The molecule has 0 amide bonds. The minimum atomic E-state index is -1.15. The Morgan fingerprint density at radius 1 is 1.40 bits per heavy atom. The second kappa shape index (κ2) is 5.06. The van der Waals surface area contributed by atoms with Crippen LogP contribution in [0.1, 0.15) is 5.56 Å². The van der Waals surface area contributed by atoms with Crippen LogP contribution in [0.15, 0.2) is 35.4 Å². The topological polar surface area (TPSA) is 87.7 Å². The molecule has 1 rings (SSSR count). The predicted molar refractivity (Wildman–Crippen MR) is 60.5 cm³/mol. The van der Waals surface area contributed by atoms with Crippen LogP contribution < -0.4 is 11.2 Å². The summed E-state index contributed by atoms with van der Waals surface area (Å²) < 4.78 is 0. The van der Waals surface area contributed by atoms with Crippen molar-refractivity contribution in [2.75, 3.05) is 0 Å². The van der Waals surface area contributed by atoms with Gasteiger partial charge >= 0.3 is 5.97 Å². The largest absolute Gasteiger partial charge is 0.476 e. The molecule has 4 N–H and O–H groups in total. The van der Waals surface area contributed by atoms with Gasteiger partial charge in [0.15, 0.2) is 10.8 Å². The molecule has 0 aromatic heterocycles. The molecule has 0 heterocycles. The van der Waals surface area contributed by atoms with Crippen molar-refractivity contribution in [3.05, 3.63) is 35.9 Å². The van der Waals surface area contributed by atoms with Gasteiger partial charge in [-0.3, -0.25) is 5.43 Å². The van der Waals surface area contributed by atoms with Crippen molar-refractivity contribution >= 4 is 29.0 Å². The van der Waals surface area contributed by atoms with Crippen LogP contribution in [0.25, 0.3) is 0 Å². The van der Waals surface area contributed by atoms with E-state index < -0.39 is 5.97 Å². The number of carbonyl (C=O) groups is 1. The van der Waals surface area contributed by atoms with Crippen LogP contribution in [0.5, 0.6) is 0 Å². The van der Waals surface area contributed by atoms with Crippen molar-refractivity contribution in [3.8, 4) is 0 Å². The second-order valence-corrected chi connectivity index (χ2v) is 3.05. The number of nitrogens with one attached hydrogen (secondary N) is 1. The van der Waals surface area contributed by atoms with Crippen molar-refractivity contribution in [2.24, 2.45) is 10.8 Å². The number of hydrogen-bond acceptors (Lipinski definition) is 3. The van der Waals surface area contributed by atoms with Crippen LogP contribution in [-0.4, -0.2) is 21.9 Å². The average molecular weight is 223 g/mol. The molecule has 0 unspecified atom stereocenters. The molecule has 5 nitrogen and oxygen atoms in total. The van der Waals surface area contributed by atoms with Crippen molar-refractivity contribution in [3.63, 3.8) is 0 Å². The first-order valence-electron chi connectivity index (χ1n) is 4.03. The zero-order chi connectivity index (χ0) is 11.3. The highest BCUT2D eigenvalue weighted by Gasteiger charge is 2.11. The van der Waals surface area contributed by atoms with Gasteiger partial charge in [0, 0.05) is 5.56 Å². The zero-order valence-electron chi connectivity index (χ0n) is 7.68. The molecule has 0 atom stereocenters. The van der Waals surface area contributed by atoms with Gasteiger partial charge in [-0.1, -0.05) is 30.3 Å². The van der Waals surface area contributed by atoms with Crippen molar-refractivity contribution in [2.45, 2.75) is 0 Å². The number of rotatable bonds is 3. The molecular weight excluding hydrogens is 214 g/mol. The normalized spacial score (nSPS) is 10.8. The highest BCUT2D eigenvalue weighted by Crippen LogP contribution is 2.00. The van der Waals surface area contributed by atoms with E-state index in [1.807, 2.05) is 0 Å². The lowest BCUT2D eigenvalue weighted by molar-refractivity contribution is -0.129. The number of hydrogen-bond donors (Lipinski definition) is 3. The van der Waals surface area contributed by atoms with Crippen molar-refractivity contribution < 1.29 is 9.90 Å². The zero-order valence-corrected chi connectivity index (χ0v) is 8.49. The number of aliphatic carboxylic acids is 1. The van der Waals surface area contributed by atoms with E-state index in [1.54, 1.807) is 30.3 Å². The van der Waals surface area contributed by atoms with Gasteiger partial charge in [0.05, 0.1) is 0 Å². The van der Waals surface area contributed by atoms with Crippen molar-refractivity contribution in [1.82, 2.24) is 5.43 Å². The molecule has 0 spiro atoms. The molecule has 1 aromatic carbocycles. The average Bonchev–Trinajstić information content (AvgIpc) is 2.18. The maximum Gasteiger partial charge on any atom is 0.356 e. The molecule has 78 valence electrons. The summed E-state index contributed by atoms with van der Waals surface area (Å²) in [6.07, 6.45) is 0. The molecular formula is C9H9N3O2S. The maximum atomic E-state index is 10.9. The highest BCUT2D eigenvalue weighted by atomic mass is 32.1. The molecule has 1 aromatic rings. The summed E-state index contributed by atoms with van der Waals surface area (Å²) in [5.74, 6) is -1.15. The molecule has 0 saturated heterocycles. The standard InChI is InChI=1S/C9H9N3O2S/c10-9(15)12-11-7(8(13)14)6-4-2-1-3-5-6/h1-5H,(H,13,14)(H3,10,12,15)/b11-7-. The quantitative estimate of drug-likeness (QED) is 0.390. The summed E-state index contributed by atoms with van der Waals surface area (Å²) in [5, 5.41) is 12.4. The third-order valence-corrected chi connectivity index (χ3v) is 1.62. The molecule has 0 aliphatic heterocycles. The Labute approximate surface area is 91.6 Å². The van der Waals surface area contributed by atoms with E-state index in [2.05, 4.69) is 22.7 Å². The van der Waals surface area contributed by atoms with Crippen LogP contribution in [-0.2, 0) is 4.79 Å². The molecule has 0 radical (unpaired) electrons. The van der Waals surface area contributed by atoms with Gasteiger partial charge in [0.2, 0.25) is 0 Å². The molecule has 15 heavy (non-hydrogen) atoms. The number of thiocarbonyl (C=S) groups is 1. The first-order chi connectivity index (χ1) is 7.11. The molecule has 0 aliphatic rings. The molecule has 0 saturated carbocycles. The van der Waals surface area contributed by atoms with Gasteiger partial charge in [0.1, 0.15) is 0 Å². The number of carboxylic acid groups (broad SMARTS) is 1. The number of nitrogens with two attached hydrogens (primary N) is 1. The van der Waals surface area contributed by atoms with E-state index in [1.165, 1.54) is 0 Å². The lowest BCUT2D eigenvalue weighted by Crippen LogP contribution is -2.27. The van der Waals surface area contributed by atoms with Crippen LogP contribution >= 0.6 is 12.2 Å². The number of carboxylic acids is 1. The van der Waals surface area contributed by atoms with E-state index in [0.29, 0.717) is 5.56 Å². The van der Waals surface area contributed by atoms with E-state index in [4.69, 9.17) is 10.8 Å². The minimum absolute atomic E-state index is 0.0790. The summed E-state index contributed by atoms with van der Waals surface area (Å²) in [6.45, 7) is 0. The Morgan fingerprint density at radius 2 is 2.00 bits per heavy atom.